The van der Waals surface area contributed by atoms with Crippen molar-refractivity contribution in [3.63, 3.8) is 0 Å². The SMILES string of the molecule is Nc1ncns1.O=C(Cc1cccc(-c2cc(C(F)(F)F)cc(C(F)(F)F)c2)c1)Cc1ncns1.O=C(O)Cc1cccc(-c2cc(C(F)(F)F)cc(C(F)(F)F)c2)c1. The molecule has 0 radical (unpaired) electrons. The van der Waals surface area contributed by atoms with E-state index in [1.165, 1.54) is 66.7 Å². The highest BCUT2D eigenvalue weighted by atomic mass is 32.1. The molecule has 2 heterocycles. The second-order valence-electron chi connectivity index (χ2n) is 12.1. The van der Waals surface area contributed by atoms with Gasteiger partial charge in [0.1, 0.15) is 23.4 Å². The van der Waals surface area contributed by atoms with Crippen LogP contribution in [0.4, 0.5) is 57.8 Å². The summed E-state index contributed by atoms with van der Waals surface area (Å²) in [4.78, 5) is 30.3. The van der Waals surface area contributed by atoms with Gasteiger partial charge in [0.2, 0.25) is 0 Å². The first-order chi connectivity index (χ1) is 27.4. The summed E-state index contributed by atoms with van der Waals surface area (Å²) >= 11 is 2.27. The molecule has 0 unspecified atom stereocenters. The van der Waals surface area contributed by atoms with Crippen molar-refractivity contribution in [2.45, 2.75) is 44.0 Å². The van der Waals surface area contributed by atoms with Gasteiger partial charge in [0, 0.05) is 18.0 Å². The molecule has 3 N–H and O–H groups in total. The zero-order chi connectivity index (χ0) is 43.8. The van der Waals surface area contributed by atoms with E-state index in [4.69, 9.17) is 10.8 Å². The zero-order valence-electron chi connectivity index (χ0n) is 29.3. The van der Waals surface area contributed by atoms with Crippen molar-refractivity contribution in [1.82, 2.24) is 18.7 Å². The molecule has 0 aliphatic carbocycles. The number of carboxylic acid groups (broad SMARTS) is 1. The van der Waals surface area contributed by atoms with Crippen molar-refractivity contribution in [1.29, 1.82) is 0 Å². The number of rotatable bonds is 8. The number of nitrogen functional groups attached to an aromatic ring is 1. The molecule has 0 fully saturated rings. The fourth-order valence-corrected chi connectivity index (χ4v) is 5.89. The fourth-order valence-electron chi connectivity index (χ4n) is 5.05. The van der Waals surface area contributed by atoms with Gasteiger partial charge in [-0.1, -0.05) is 48.5 Å². The van der Waals surface area contributed by atoms with E-state index < -0.39 is 52.9 Å². The Labute approximate surface area is 333 Å². The van der Waals surface area contributed by atoms with Gasteiger partial charge >= 0.3 is 30.7 Å². The highest BCUT2D eigenvalue weighted by Gasteiger charge is 2.38. The van der Waals surface area contributed by atoms with Gasteiger partial charge in [-0.3, -0.25) is 9.59 Å². The van der Waals surface area contributed by atoms with Gasteiger partial charge in [0.05, 0.1) is 35.1 Å². The molecule has 0 amide bonds. The molecule has 312 valence electrons. The highest BCUT2D eigenvalue weighted by molar-refractivity contribution is 7.09. The Morgan fingerprint density at radius 3 is 1.25 bits per heavy atom. The Balaban J connectivity index is 0.000000231. The van der Waals surface area contributed by atoms with Crippen LogP contribution in [0.3, 0.4) is 0 Å². The first-order valence-electron chi connectivity index (χ1n) is 16.2. The van der Waals surface area contributed by atoms with E-state index in [0.29, 0.717) is 40.0 Å². The predicted molar refractivity (Wildman–Crippen MR) is 192 cm³/mol. The Bertz CT molecular complexity index is 2280. The summed E-state index contributed by atoms with van der Waals surface area (Å²) in [6.07, 6.45) is -17.3. The number of carboxylic acids is 1. The lowest BCUT2D eigenvalue weighted by molar-refractivity contribution is -0.144. The topological polar surface area (TPSA) is 132 Å². The molecule has 0 saturated carbocycles. The van der Waals surface area contributed by atoms with E-state index in [1.54, 1.807) is 6.07 Å². The number of nitrogens with zero attached hydrogens (tertiary/aromatic N) is 4. The minimum absolute atomic E-state index is 0.0293. The third kappa shape index (κ3) is 14.2. The third-order valence-electron chi connectivity index (χ3n) is 7.59. The van der Waals surface area contributed by atoms with Crippen LogP contribution in [0.25, 0.3) is 22.3 Å². The number of aliphatic carboxylic acids is 1. The normalized spacial score (nSPS) is 11.9. The van der Waals surface area contributed by atoms with Gasteiger partial charge in [-0.15, -0.1) is 0 Å². The number of carbonyl (C=O) groups excluding carboxylic acids is 1. The maximum absolute atomic E-state index is 13.1. The molecule has 0 saturated heterocycles. The van der Waals surface area contributed by atoms with Crippen LogP contribution in [0, 0.1) is 0 Å². The molecule has 6 aromatic rings. The molecule has 0 bridgehead atoms. The number of halogens is 12. The number of aromatic nitrogens is 4. The van der Waals surface area contributed by atoms with E-state index >= 15 is 0 Å². The number of hydrogen-bond donors (Lipinski definition) is 2. The Hall–Kier alpha value is -5.90. The summed E-state index contributed by atoms with van der Waals surface area (Å²) in [5.74, 6) is -1.36. The number of alkyl halides is 12. The molecule has 0 atom stereocenters. The van der Waals surface area contributed by atoms with Gasteiger partial charge in [0.15, 0.2) is 5.13 Å². The first kappa shape index (κ1) is 45.8. The molecule has 59 heavy (non-hydrogen) atoms. The van der Waals surface area contributed by atoms with E-state index in [2.05, 4.69) is 18.7 Å². The second-order valence-corrected chi connectivity index (χ2v) is 13.7. The molecule has 6 rings (SSSR count). The zero-order valence-corrected chi connectivity index (χ0v) is 31.0. The number of carbonyl (C=O) groups is 2. The lowest BCUT2D eigenvalue weighted by atomic mass is 9.96. The van der Waals surface area contributed by atoms with E-state index in [9.17, 15) is 62.3 Å². The van der Waals surface area contributed by atoms with Gasteiger partial charge in [0.25, 0.3) is 0 Å². The van der Waals surface area contributed by atoms with Crippen molar-refractivity contribution in [2.24, 2.45) is 0 Å². The van der Waals surface area contributed by atoms with E-state index in [0.717, 1.165) is 11.5 Å². The quantitative estimate of drug-likeness (QED) is 0.145. The fraction of sp³-hybridized carbons (Fsp3) is 0.189. The molecule has 2 aromatic heterocycles. The lowest BCUT2D eigenvalue weighted by Gasteiger charge is -2.15. The van der Waals surface area contributed by atoms with Crippen molar-refractivity contribution in [3.8, 4) is 22.3 Å². The number of Topliss-reactive ketones (excluding diaryl/α,β-unsaturated/α-hetero) is 1. The highest BCUT2D eigenvalue weighted by Crippen LogP contribution is 2.40. The monoisotopic (exact) mass is 879 g/mol. The lowest BCUT2D eigenvalue weighted by Crippen LogP contribution is -2.11. The molecule has 8 nitrogen and oxygen atoms in total. The van der Waals surface area contributed by atoms with E-state index in [-0.39, 0.29) is 65.0 Å². The largest absolute Gasteiger partial charge is 0.481 e. The van der Waals surface area contributed by atoms with Crippen LogP contribution < -0.4 is 5.73 Å². The van der Waals surface area contributed by atoms with Crippen LogP contribution >= 0.6 is 23.1 Å². The van der Waals surface area contributed by atoms with Crippen molar-refractivity contribution in [2.75, 3.05) is 5.73 Å². The maximum atomic E-state index is 13.1. The number of nitrogens with two attached hydrogens (primary N) is 1. The molecule has 0 aliphatic heterocycles. The predicted octanol–water partition coefficient (Wildman–Crippen LogP) is 10.7. The van der Waals surface area contributed by atoms with Crippen molar-refractivity contribution >= 4 is 39.9 Å². The van der Waals surface area contributed by atoms with Gasteiger partial charge in [-0.2, -0.15) is 61.4 Å². The summed E-state index contributed by atoms with van der Waals surface area (Å²) in [6, 6.07) is 13.9. The number of anilines is 1. The van der Waals surface area contributed by atoms with Gasteiger partial charge < -0.3 is 10.8 Å². The Morgan fingerprint density at radius 2 is 0.932 bits per heavy atom. The Morgan fingerprint density at radius 1 is 0.525 bits per heavy atom. The molecule has 0 aliphatic rings. The summed E-state index contributed by atoms with van der Waals surface area (Å²) in [7, 11) is 0. The van der Waals surface area contributed by atoms with Crippen molar-refractivity contribution < 1.29 is 67.4 Å². The average Bonchev–Trinajstić information content (AvgIpc) is 3.84. The minimum Gasteiger partial charge on any atom is -0.481 e. The summed E-state index contributed by atoms with van der Waals surface area (Å²) in [5.41, 5.74) is -0.0401. The van der Waals surface area contributed by atoms with Crippen LogP contribution in [-0.4, -0.2) is 35.6 Å². The number of ketones is 1. The third-order valence-corrected chi connectivity index (χ3v) is 8.74. The van der Waals surface area contributed by atoms with Crippen molar-refractivity contribution in [3.05, 3.63) is 136 Å². The molecule has 0 spiro atoms. The van der Waals surface area contributed by atoms with Crippen LogP contribution in [-0.2, 0) is 53.6 Å². The Kier molecular flexibility index (Phi) is 14.6. The summed E-state index contributed by atoms with van der Waals surface area (Å²) < 4.78 is 163. The van der Waals surface area contributed by atoms with Gasteiger partial charge in [-0.25, -0.2) is 9.97 Å². The number of benzene rings is 4. The maximum Gasteiger partial charge on any atom is 0.416 e. The van der Waals surface area contributed by atoms with Crippen LogP contribution in [0.15, 0.2) is 97.6 Å². The smallest absolute Gasteiger partial charge is 0.416 e. The van der Waals surface area contributed by atoms with Crippen LogP contribution in [0.5, 0.6) is 0 Å². The molecular weight excluding hydrogens is 855 g/mol. The molecular formula is C37H25F12N5O3S2. The molecule has 22 heteroatoms. The van der Waals surface area contributed by atoms with Crippen LogP contribution in [0.1, 0.15) is 38.4 Å². The summed E-state index contributed by atoms with van der Waals surface area (Å²) in [6.45, 7) is 0. The van der Waals surface area contributed by atoms with Gasteiger partial charge in [-0.05, 0) is 81.3 Å². The van der Waals surface area contributed by atoms with Crippen LogP contribution in [0.2, 0.25) is 0 Å². The number of hydrogen-bond acceptors (Lipinski definition) is 9. The average molecular weight is 880 g/mol. The first-order valence-corrected chi connectivity index (χ1v) is 17.7. The summed E-state index contributed by atoms with van der Waals surface area (Å²) in [5, 5.41) is 9.78. The van der Waals surface area contributed by atoms with E-state index in [1.807, 2.05) is 0 Å². The second kappa shape index (κ2) is 18.8. The minimum atomic E-state index is -4.94. The standard InChI is InChI=1S/C19H12F6N2OS.C16H10F6O2.C2H3N3S/c20-18(21,22)14-6-13(7-15(8-14)19(23,24)25)12-3-1-2-11(4-12)5-16(28)9-17-26-10-27-29-17;17-15(18,19)12-6-11(7-13(8-12)16(20,21)22)10-3-1-2-9(4-10)5-14(23)24;3-2-4-1-5-6-2/h1-4,6-8,10H,5,9H2;1-4,6-8H,5H2,(H,23,24);1H,(H2,3,4,5). The molecule has 4 aromatic carbocycles.